The van der Waals surface area contributed by atoms with Crippen LogP contribution >= 0.6 is 0 Å². The van der Waals surface area contributed by atoms with Gasteiger partial charge in [0.15, 0.2) is 23.0 Å². The zero-order valence-electron chi connectivity index (χ0n) is 19.3. The van der Waals surface area contributed by atoms with Gasteiger partial charge in [0.25, 0.3) is 5.91 Å². The molecule has 1 aliphatic rings. The minimum absolute atomic E-state index is 0.0332. The molecular formula is C26H25NO7. The molecule has 0 saturated heterocycles. The fourth-order valence-corrected chi connectivity index (χ4v) is 4.12. The summed E-state index contributed by atoms with van der Waals surface area (Å²) >= 11 is 0. The van der Waals surface area contributed by atoms with Crippen LogP contribution in [0.4, 0.5) is 0 Å². The van der Waals surface area contributed by atoms with E-state index >= 15 is 0 Å². The summed E-state index contributed by atoms with van der Waals surface area (Å²) < 4.78 is 21.9. The number of hydrogen-bond donors (Lipinski definition) is 1. The van der Waals surface area contributed by atoms with Gasteiger partial charge >= 0.3 is 0 Å². The first-order valence-electron chi connectivity index (χ1n) is 10.6. The van der Waals surface area contributed by atoms with Crippen molar-refractivity contribution in [3.8, 4) is 17.2 Å². The van der Waals surface area contributed by atoms with Gasteiger partial charge < -0.3 is 28.6 Å². The van der Waals surface area contributed by atoms with Crippen LogP contribution in [0.5, 0.6) is 17.2 Å². The van der Waals surface area contributed by atoms with Crippen molar-refractivity contribution in [3.05, 3.63) is 88.6 Å². The van der Waals surface area contributed by atoms with E-state index in [2.05, 4.69) is 0 Å². The molecule has 4 rings (SSSR count). The molecule has 2 aromatic carbocycles. The molecule has 2 heterocycles. The van der Waals surface area contributed by atoms with Gasteiger partial charge in [-0.15, -0.1) is 0 Å². The van der Waals surface area contributed by atoms with E-state index in [-0.39, 0.29) is 17.9 Å². The van der Waals surface area contributed by atoms with Gasteiger partial charge in [0.1, 0.15) is 5.76 Å². The van der Waals surface area contributed by atoms with Gasteiger partial charge in [0.2, 0.25) is 11.5 Å². The monoisotopic (exact) mass is 463 g/mol. The van der Waals surface area contributed by atoms with Crippen molar-refractivity contribution in [2.45, 2.75) is 19.5 Å². The van der Waals surface area contributed by atoms with E-state index in [0.29, 0.717) is 28.6 Å². The molecule has 0 fully saturated rings. The van der Waals surface area contributed by atoms with Crippen LogP contribution in [0, 0.1) is 6.92 Å². The fraction of sp³-hybridized carbons (Fsp3) is 0.231. The summed E-state index contributed by atoms with van der Waals surface area (Å²) in [6, 6.07) is 14.9. The van der Waals surface area contributed by atoms with Crippen LogP contribution in [0.1, 0.15) is 33.5 Å². The Morgan fingerprint density at radius 1 is 1.00 bits per heavy atom. The summed E-state index contributed by atoms with van der Waals surface area (Å²) in [5.74, 6) is -0.192. The number of Topliss-reactive ketones (excluding diaryl/α,β-unsaturated/α-hetero) is 1. The van der Waals surface area contributed by atoms with E-state index in [1.54, 1.807) is 25.1 Å². The van der Waals surface area contributed by atoms with Crippen molar-refractivity contribution in [2.75, 3.05) is 21.3 Å². The average molecular weight is 463 g/mol. The maximum absolute atomic E-state index is 13.5. The number of aliphatic hydroxyl groups excluding tert-OH is 1. The maximum atomic E-state index is 13.5. The van der Waals surface area contributed by atoms with Crippen LogP contribution in [0.3, 0.4) is 0 Å². The third-order valence-corrected chi connectivity index (χ3v) is 5.71. The number of hydrogen-bond acceptors (Lipinski definition) is 7. The lowest BCUT2D eigenvalue weighted by molar-refractivity contribution is -0.130. The first kappa shape index (κ1) is 23.0. The van der Waals surface area contributed by atoms with Gasteiger partial charge in [-0.1, -0.05) is 30.3 Å². The average Bonchev–Trinajstić information content (AvgIpc) is 3.40. The van der Waals surface area contributed by atoms with Crippen LogP contribution in [0.15, 0.2) is 70.3 Å². The molecule has 8 nitrogen and oxygen atoms in total. The number of furan rings is 1. The molecule has 1 amide bonds. The maximum Gasteiger partial charge on any atom is 0.290 e. The van der Waals surface area contributed by atoms with E-state index in [4.69, 9.17) is 18.6 Å². The lowest BCUT2D eigenvalue weighted by Gasteiger charge is -2.28. The second-order valence-electron chi connectivity index (χ2n) is 7.78. The molecule has 3 aromatic rings. The Balaban J connectivity index is 1.88. The Hall–Kier alpha value is -4.20. The molecule has 0 aliphatic carbocycles. The second kappa shape index (κ2) is 9.35. The molecule has 1 N–H and O–H groups in total. The fourth-order valence-electron chi connectivity index (χ4n) is 4.12. The molecule has 0 spiro atoms. The van der Waals surface area contributed by atoms with Gasteiger partial charge in [0.05, 0.1) is 32.9 Å². The lowest BCUT2D eigenvalue weighted by atomic mass is 9.94. The summed E-state index contributed by atoms with van der Waals surface area (Å²) in [6.07, 6.45) is 0. The number of methoxy groups -OCH3 is 3. The van der Waals surface area contributed by atoms with Crippen molar-refractivity contribution in [1.29, 1.82) is 0 Å². The number of nitrogens with zero attached hydrogens (tertiary/aromatic N) is 1. The van der Waals surface area contributed by atoms with E-state index in [1.165, 1.54) is 32.3 Å². The minimum Gasteiger partial charge on any atom is -0.503 e. The number of aliphatic hydroxyl groups is 1. The molecular weight excluding hydrogens is 438 g/mol. The smallest absolute Gasteiger partial charge is 0.290 e. The molecule has 34 heavy (non-hydrogen) atoms. The van der Waals surface area contributed by atoms with E-state index in [0.717, 1.165) is 5.56 Å². The Bertz CT molecular complexity index is 1230. The third kappa shape index (κ3) is 3.98. The highest BCUT2D eigenvalue weighted by molar-refractivity contribution is 6.15. The topological polar surface area (TPSA) is 98.4 Å². The van der Waals surface area contributed by atoms with Crippen LogP contribution < -0.4 is 14.2 Å². The highest BCUT2D eigenvalue weighted by Crippen LogP contribution is 2.46. The van der Waals surface area contributed by atoms with Crippen molar-refractivity contribution in [3.63, 3.8) is 0 Å². The molecule has 1 aromatic heterocycles. The molecule has 0 bridgehead atoms. The van der Waals surface area contributed by atoms with Gasteiger partial charge in [-0.05, 0) is 42.3 Å². The molecule has 1 aliphatic heterocycles. The zero-order valence-corrected chi connectivity index (χ0v) is 19.3. The molecule has 0 saturated carbocycles. The van der Waals surface area contributed by atoms with Gasteiger partial charge in [0, 0.05) is 6.54 Å². The molecule has 0 radical (unpaired) electrons. The van der Waals surface area contributed by atoms with Crippen molar-refractivity contribution < 1.29 is 33.3 Å². The predicted molar refractivity (Wildman–Crippen MR) is 123 cm³/mol. The predicted octanol–water partition coefficient (Wildman–Crippen LogP) is 4.39. The first-order chi connectivity index (χ1) is 16.4. The Morgan fingerprint density at radius 2 is 1.65 bits per heavy atom. The Labute approximate surface area is 197 Å². The number of carbonyl (C=O) groups excluding carboxylic acids is 2. The van der Waals surface area contributed by atoms with E-state index < -0.39 is 23.5 Å². The standard InChI is InChI=1S/C26H25NO7/c1-15-10-11-18(34-15)23(28)21-22(17-12-19(31-2)25(33-4)20(13-17)32-3)27(26(30)24(21)29)14-16-8-6-5-7-9-16/h5-13,22,29H,14H2,1-4H3. The molecule has 1 atom stereocenters. The Morgan fingerprint density at radius 3 is 2.18 bits per heavy atom. The minimum atomic E-state index is -0.917. The highest BCUT2D eigenvalue weighted by atomic mass is 16.5. The normalized spacial score (nSPS) is 15.6. The SMILES string of the molecule is COc1cc(C2C(C(=O)c3ccc(C)o3)=C(O)C(=O)N2Cc2ccccc2)cc(OC)c1OC. The highest BCUT2D eigenvalue weighted by Gasteiger charge is 2.45. The third-order valence-electron chi connectivity index (χ3n) is 5.71. The van der Waals surface area contributed by atoms with Gasteiger partial charge in [-0.2, -0.15) is 0 Å². The summed E-state index contributed by atoms with van der Waals surface area (Å²) in [5, 5.41) is 10.9. The number of rotatable bonds is 8. The van der Waals surface area contributed by atoms with Crippen molar-refractivity contribution in [1.82, 2.24) is 4.90 Å². The summed E-state index contributed by atoms with van der Waals surface area (Å²) in [7, 11) is 4.45. The second-order valence-corrected chi connectivity index (χ2v) is 7.78. The van der Waals surface area contributed by atoms with Gasteiger partial charge in [-0.3, -0.25) is 9.59 Å². The first-order valence-corrected chi connectivity index (χ1v) is 10.6. The number of amides is 1. The Kier molecular flexibility index (Phi) is 6.32. The number of carbonyl (C=O) groups is 2. The summed E-state index contributed by atoms with van der Waals surface area (Å²) in [4.78, 5) is 28.1. The molecule has 176 valence electrons. The van der Waals surface area contributed by atoms with E-state index in [1.807, 2.05) is 30.3 Å². The van der Waals surface area contributed by atoms with Crippen LogP contribution in [0.25, 0.3) is 0 Å². The number of ether oxygens (including phenoxy) is 3. The zero-order chi connectivity index (χ0) is 24.4. The largest absolute Gasteiger partial charge is 0.503 e. The van der Waals surface area contributed by atoms with Crippen molar-refractivity contribution in [2.24, 2.45) is 0 Å². The van der Waals surface area contributed by atoms with Crippen LogP contribution in [0.2, 0.25) is 0 Å². The van der Waals surface area contributed by atoms with E-state index in [9.17, 15) is 14.7 Å². The molecule has 8 heteroatoms. The van der Waals surface area contributed by atoms with Crippen molar-refractivity contribution >= 4 is 11.7 Å². The number of ketones is 1. The van der Waals surface area contributed by atoms with Crippen LogP contribution in [-0.4, -0.2) is 43.0 Å². The van der Waals surface area contributed by atoms with Gasteiger partial charge in [-0.25, -0.2) is 0 Å². The summed E-state index contributed by atoms with van der Waals surface area (Å²) in [6.45, 7) is 1.88. The quantitative estimate of drug-likeness (QED) is 0.495. The van der Waals surface area contributed by atoms with Crippen LogP contribution in [-0.2, 0) is 11.3 Å². The lowest BCUT2D eigenvalue weighted by Crippen LogP contribution is -2.30. The molecule has 1 unspecified atom stereocenters. The number of aryl methyl sites for hydroxylation is 1. The number of benzene rings is 2. The summed E-state index contributed by atoms with van der Waals surface area (Å²) in [5.41, 5.74) is 1.27.